The second-order valence-electron chi connectivity index (χ2n) is 4.34. The van der Waals surface area contributed by atoms with Crippen molar-refractivity contribution in [1.82, 2.24) is 4.90 Å². The first-order valence-electron chi connectivity index (χ1n) is 6.09. The van der Waals surface area contributed by atoms with Crippen LogP contribution in [0.4, 0.5) is 0 Å². The third-order valence-corrected chi connectivity index (χ3v) is 2.98. The summed E-state index contributed by atoms with van der Waals surface area (Å²) in [6.45, 7) is 6.65. The molecule has 98 valence electrons. The number of esters is 1. The first-order chi connectivity index (χ1) is 8.60. The number of likely N-dealkylation sites (N-methyl/N-ethyl adjacent to an activating group) is 1. The average molecular weight is 247 g/mol. The molecule has 1 rings (SSSR count). The van der Waals surface area contributed by atoms with Crippen molar-refractivity contribution in [2.24, 2.45) is 0 Å². The number of carbonyl (C=O) groups excluding carboxylic acids is 1. The fraction of sp³-hybridized carbons (Fsp3) is 0.400. The molecule has 0 aliphatic heterocycles. The predicted octanol–water partition coefficient (Wildman–Crippen LogP) is 2.63. The Balaban J connectivity index is 2.80. The summed E-state index contributed by atoms with van der Waals surface area (Å²) in [7, 11) is 3.32. The molecule has 0 aromatic heterocycles. The molecule has 18 heavy (non-hydrogen) atoms. The summed E-state index contributed by atoms with van der Waals surface area (Å²) in [5.74, 6) is -0.250. The standard InChI is InChI=1S/C15H21NO2/c1-5-12(2)14(15(17)18-4)16(3)11-13-9-7-6-8-10-13/h6-10,14H,2,5,11H2,1,3-4H3/t14-/m0/s1. The fourth-order valence-corrected chi connectivity index (χ4v) is 1.93. The first kappa shape index (κ1) is 14.5. The van der Waals surface area contributed by atoms with Crippen LogP contribution in [-0.2, 0) is 16.1 Å². The molecule has 0 radical (unpaired) electrons. The summed E-state index contributed by atoms with van der Waals surface area (Å²) in [5.41, 5.74) is 2.04. The van der Waals surface area contributed by atoms with Gasteiger partial charge in [-0.05, 0) is 24.6 Å². The Labute approximate surface area is 109 Å². The highest BCUT2D eigenvalue weighted by atomic mass is 16.5. The lowest BCUT2D eigenvalue weighted by atomic mass is 10.0. The number of benzene rings is 1. The van der Waals surface area contributed by atoms with Crippen LogP contribution in [0.25, 0.3) is 0 Å². The van der Waals surface area contributed by atoms with Gasteiger partial charge < -0.3 is 4.74 Å². The molecule has 1 atom stereocenters. The van der Waals surface area contributed by atoms with E-state index in [4.69, 9.17) is 4.74 Å². The Hall–Kier alpha value is -1.61. The fourth-order valence-electron chi connectivity index (χ4n) is 1.93. The van der Waals surface area contributed by atoms with Crippen LogP contribution in [0.15, 0.2) is 42.5 Å². The van der Waals surface area contributed by atoms with Crippen LogP contribution in [0.1, 0.15) is 18.9 Å². The number of hydrogen-bond donors (Lipinski definition) is 0. The third-order valence-electron chi connectivity index (χ3n) is 2.98. The third kappa shape index (κ3) is 3.70. The van der Waals surface area contributed by atoms with Gasteiger partial charge in [-0.3, -0.25) is 9.69 Å². The molecule has 0 aliphatic carbocycles. The second kappa shape index (κ2) is 6.97. The van der Waals surface area contributed by atoms with Gasteiger partial charge in [-0.1, -0.05) is 43.8 Å². The van der Waals surface area contributed by atoms with Crippen molar-refractivity contribution in [3.05, 3.63) is 48.0 Å². The first-order valence-corrected chi connectivity index (χ1v) is 6.09. The highest BCUT2D eigenvalue weighted by molar-refractivity contribution is 5.79. The van der Waals surface area contributed by atoms with E-state index in [1.807, 2.05) is 49.2 Å². The monoisotopic (exact) mass is 247 g/mol. The Morgan fingerprint density at radius 1 is 1.39 bits per heavy atom. The van der Waals surface area contributed by atoms with Gasteiger partial charge in [0.15, 0.2) is 0 Å². The van der Waals surface area contributed by atoms with E-state index in [-0.39, 0.29) is 12.0 Å². The maximum atomic E-state index is 11.8. The molecule has 0 fully saturated rings. The molecule has 1 aromatic carbocycles. The van der Waals surface area contributed by atoms with Crippen molar-refractivity contribution < 1.29 is 9.53 Å². The summed E-state index contributed by atoms with van der Waals surface area (Å²) in [6, 6.07) is 9.67. The Kier molecular flexibility index (Phi) is 5.59. The van der Waals surface area contributed by atoms with Crippen LogP contribution in [0.5, 0.6) is 0 Å². The van der Waals surface area contributed by atoms with Gasteiger partial charge in [0.05, 0.1) is 7.11 Å². The molecule has 0 saturated carbocycles. The van der Waals surface area contributed by atoms with Gasteiger partial charge in [0.25, 0.3) is 0 Å². The second-order valence-corrected chi connectivity index (χ2v) is 4.34. The molecule has 0 spiro atoms. The molecule has 0 aliphatic rings. The van der Waals surface area contributed by atoms with Crippen LogP contribution in [0.3, 0.4) is 0 Å². The minimum Gasteiger partial charge on any atom is -0.468 e. The van der Waals surface area contributed by atoms with Crippen LogP contribution in [0.2, 0.25) is 0 Å². The Morgan fingerprint density at radius 2 is 2.00 bits per heavy atom. The van der Waals surface area contributed by atoms with Crippen molar-refractivity contribution >= 4 is 5.97 Å². The van der Waals surface area contributed by atoms with E-state index in [1.54, 1.807) is 0 Å². The number of methoxy groups -OCH3 is 1. The van der Waals surface area contributed by atoms with E-state index < -0.39 is 0 Å². The van der Waals surface area contributed by atoms with Crippen LogP contribution >= 0.6 is 0 Å². The summed E-state index contributed by atoms with van der Waals surface area (Å²) in [6.07, 6.45) is 0.763. The lowest BCUT2D eigenvalue weighted by molar-refractivity contribution is -0.145. The van der Waals surface area contributed by atoms with Crippen molar-refractivity contribution in [2.45, 2.75) is 25.9 Å². The number of hydrogen-bond acceptors (Lipinski definition) is 3. The van der Waals surface area contributed by atoms with E-state index in [2.05, 4.69) is 6.58 Å². The average Bonchev–Trinajstić information content (AvgIpc) is 2.39. The maximum absolute atomic E-state index is 11.8. The summed E-state index contributed by atoms with van der Waals surface area (Å²) >= 11 is 0. The lowest BCUT2D eigenvalue weighted by Gasteiger charge is -2.27. The zero-order valence-electron chi connectivity index (χ0n) is 11.3. The van der Waals surface area contributed by atoms with Gasteiger partial charge in [-0.2, -0.15) is 0 Å². The van der Waals surface area contributed by atoms with Gasteiger partial charge >= 0.3 is 5.97 Å². The minimum absolute atomic E-state index is 0.250. The van der Waals surface area contributed by atoms with E-state index in [1.165, 1.54) is 7.11 Å². The Morgan fingerprint density at radius 3 is 2.50 bits per heavy atom. The number of nitrogens with zero attached hydrogens (tertiary/aromatic N) is 1. The molecular weight excluding hydrogens is 226 g/mol. The van der Waals surface area contributed by atoms with Crippen molar-refractivity contribution in [2.75, 3.05) is 14.2 Å². The molecule has 0 bridgehead atoms. The van der Waals surface area contributed by atoms with Crippen molar-refractivity contribution in [1.29, 1.82) is 0 Å². The highest BCUT2D eigenvalue weighted by Gasteiger charge is 2.25. The highest BCUT2D eigenvalue weighted by Crippen LogP contribution is 2.15. The van der Waals surface area contributed by atoms with Crippen LogP contribution in [0, 0.1) is 0 Å². The molecule has 3 heteroatoms. The predicted molar refractivity (Wildman–Crippen MR) is 73.1 cm³/mol. The molecule has 3 nitrogen and oxygen atoms in total. The minimum atomic E-state index is -0.375. The van der Waals surface area contributed by atoms with Gasteiger partial charge in [-0.25, -0.2) is 0 Å². The van der Waals surface area contributed by atoms with E-state index in [0.29, 0.717) is 6.54 Å². The number of ether oxygens (including phenoxy) is 1. The molecule has 0 N–H and O–H groups in total. The van der Waals surface area contributed by atoms with Gasteiger partial charge in [-0.15, -0.1) is 0 Å². The summed E-state index contributed by atoms with van der Waals surface area (Å²) < 4.78 is 4.85. The smallest absolute Gasteiger partial charge is 0.327 e. The number of rotatable bonds is 6. The van der Waals surface area contributed by atoms with E-state index in [0.717, 1.165) is 17.6 Å². The zero-order chi connectivity index (χ0) is 13.5. The van der Waals surface area contributed by atoms with E-state index in [9.17, 15) is 4.79 Å². The summed E-state index contributed by atoms with van der Waals surface area (Å²) in [4.78, 5) is 13.8. The molecule has 0 unspecified atom stereocenters. The van der Waals surface area contributed by atoms with Crippen molar-refractivity contribution in [3.8, 4) is 0 Å². The SMILES string of the molecule is C=C(CC)[C@@H](C(=O)OC)N(C)Cc1ccccc1. The topological polar surface area (TPSA) is 29.5 Å². The molecule has 0 saturated heterocycles. The molecule has 1 aromatic rings. The van der Waals surface area contributed by atoms with E-state index >= 15 is 0 Å². The van der Waals surface area contributed by atoms with Gasteiger partial charge in [0.1, 0.15) is 6.04 Å². The molecular formula is C15H21NO2. The van der Waals surface area contributed by atoms with Gasteiger partial charge in [0.2, 0.25) is 0 Å². The normalized spacial score (nSPS) is 12.2. The summed E-state index contributed by atoms with van der Waals surface area (Å²) in [5, 5.41) is 0. The lowest BCUT2D eigenvalue weighted by Crippen LogP contribution is -2.40. The maximum Gasteiger partial charge on any atom is 0.327 e. The quantitative estimate of drug-likeness (QED) is 0.571. The van der Waals surface area contributed by atoms with Gasteiger partial charge in [0, 0.05) is 6.54 Å². The van der Waals surface area contributed by atoms with Crippen LogP contribution in [-0.4, -0.2) is 31.1 Å². The zero-order valence-corrected chi connectivity index (χ0v) is 11.3. The molecule has 0 heterocycles. The van der Waals surface area contributed by atoms with Crippen LogP contribution < -0.4 is 0 Å². The number of carbonyl (C=O) groups is 1. The Bertz CT molecular complexity index is 384. The van der Waals surface area contributed by atoms with Crippen molar-refractivity contribution in [3.63, 3.8) is 0 Å². The molecule has 0 amide bonds. The largest absolute Gasteiger partial charge is 0.468 e.